The summed E-state index contributed by atoms with van der Waals surface area (Å²) in [7, 11) is 0. The Morgan fingerprint density at radius 3 is 2.41 bits per heavy atom. The van der Waals surface area contributed by atoms with Gasteiger partial charge < -0.3 is 10.2 Å². The van der Waals surface area contributed by atoms with Gasteiger partial charge in [0.1, 0.15) is 0 Å². The van der Waals surface area contributed by atoms with Gasteiger partial charge in [-0.15, -0.1) is 0 Å². The third-order valence-electron chi connectivity index (χ3n) is 2.45. The first-order valence-electron chi connectivity index (χ1n) is 5.04. The number of rotatable bonds is 4. The van der Waals surface area contributed by atoms with E-state index in [1.54, 1.807) is 26.0 Å². The number of hydrogen-bond acceptors (Lipinski definition) is 3. The number of hydrogen-bond donors (Lipinski definition) is 2. The van der Waals surface area contributed by atoms with Gasteiger partial charge in [0.05, 0.1) is 4.83 Å². The molecule has 2 atom stereocenters. The van der Waals surface area contributed by atoms with Gasteiger partial charge in [0, 0.05) is 5.56 Å². The Morgan fingerprint density at radius 2 is 1.94 bits per heavy atom. The number of aryl methyl sites for hydroxylation is 1. The van der Waals surface area contributed by atoms with Crippen molar-refractivity contribution in [3.05, 3.63) is 34.9 Å². The van der Waals surface area contributed by atoms with Gasteiger partial charge in [0.25, 0.3) is 0 Å². The molecule has 5 heteroatoms. The second-order valence-electron chi connectivity index (χ2n) is 3.79. The minimum Gasteiger partial charge on any atom is -0.479 e. The fourth-order valence-electron chi connectivity index (χ4n) is 1.45. The molecule has 2 unspecified atom stereocenters. The average Bonchev–Trinajstić information content (AvgIpc) is 2.27. The number of halogens is 1. The highest BCUT2D eigenvalue weighted by Crippen LogP contribution is 2.21. The zero-order valence-corrected chi connectivity index (χ0v) is 11.1. The standard InChI is InChI=1S/C12H13BrO4/c1-6-3-4-8(10(14)7(2)13)5-9(6)11(15)12(16)17/h3-5,7,11,15H,1-2H3,(H,16,17). The molecule has 0 radical (unpaired) electrons. The molecule has 1 aromatic rings. The molecule has 0 saturated carbocycles. The predicted octanol–water partition coefficient (Wildman–Crippen LogP) is 2.08. The number of aliphatic carboxylic acids is 1. The van der Waals surface area contributed by atoms with Crippen molar-refractivity contribution in [3.8, 4) is 0 Å². The van der Waals surface area contributed by atoms with Crippen LogP contribution in [0.3, 0.4) is 0 Å². The van der Waals surface area contributed by atoms with E-state index in [1.165, 1.54) is 6.07 Å². The summed E-state index contributed by atoms with van der Waals surface area (Å²) in [5.74, 6) is -1.48. The molecular formula is C12H13BrO4. The van der Waals surface area contributed by atoms with Crippen LogP contribution < -0.4 is 0 Å². The smallest absolute Gasteiger partial charge is 0.337 e. The number of carboxylic acid groups (broad SMARTS) is 1. The first kappa shape index (κ1) is 13.9. The Labute approximate surface area is 107 Å². The molecule has 1 aromatic carbocycles. The summed E-state index contributed by atoms with van der Waals surface area (Å²) >= 11 is 3.16. The first-order valence-corrected chi connectivity index (χ1v) is 5.96. The predicted molar refractivity (Wildman–Crippen MR) is 66.5 cm³/mol. The summed E-state index contributed by atoms with van der Waals surface area (Å²) in [6.45, 7) is 3.38. The molecule has 0 aromatic heterocycles. The maximum absolute atomic E-state index is 11.7. The van der Waals surface area contributed by atoms with Crippen molar-refractivity contribution in [2.45, 2.75) is 24.8 Å². The highest BCUT2D eigenvalue weighted by atomic mass is 79.9. The Hall–Kier alpha value is -1.20. The Kier molecular flexibility index (Phi) is 4.42. The zero-order valence-electron chi connectivity index (χ0n) is 9.48. The normalized spacial score (nSPS) is 14.1. The largest absolute Gasteiger partial charge is 0.479 e. The lowest BCUT2D eigenvalue weighted by Crippen LogP contribution is -2.15. The van der Waals surface area contributed by atoms with E-state index in [-0.39, 0.29) is 16.2 Å². The minimum atomic E-state index is -1.60. The Bertz CT molecular complexity index is 454. The van der Waals surface area contributed by atoms with Crippen LogP contribution in [0.1, 0.15) is 34.5 Å². The molecule has 0 heterocycles. The highest BCUT2D eigenvalue weighted by Gasteiger charge is 2.20. The molecule has 0 amide bonds. The van der Waals surface area contributed by atoms with E-state index in [0.29, 0.717) is 11.1 Å². The number of alkyl halides is 1. The third-order valence-corrected chi connectivity index (χ3v) is 2.87. The van der Waals surface area contributed by atoms with Gasteiger partial charge in [-0.1, -0.05) is 28.1 Å². The lowest BCUT2D eigenvalue weighted by atomic mass is 9.98. The van der Waals surface area contributed by atoms with E-state index in [1.807, 2.05) is 0 Å². The topological polar surface area (TPSA) is 74.6 Å². The SMILES string of the molecule is Cc1ccc(C(=O)C(C)Br)cc1C(O)C(=O)O. The van der Waals surface area contributed by atoms with Gasteiger partial charge >= 0.3 is 5.97 Å². The van der Waals surface area contributed by atoms with Crippen LogP contribution in [0.4, 0.5) is 0 Å². The van der Waals surface area contributed by atoms with Crippen molar-refractivity contribution in [2.24, 2.45) is 0 Å². The van der Waals surface area contributed by atoms with E-state index in [4.69, 9.17) is 5.11 Å². The summed E-state index contributed by atoms with van der Waals surface area (Å²) < 4.78 is 0. The molecule has 0 saturated heterocycles. The summed E-state index contributed by atoms with van der Waals surface area (Å²) in [4.78, 5) is 22.1. The molecule has 92 valence electrons. The number of carbonyl (C=O) groups excluding carboxylic acids is 1. The third kappa shape index (κ3) is 3.14. The van der Waals surface area contributed by atoms with Crippen molar-refractivity contribution in [1.29, 1.82) is 0 Å². The number of carbonyl (C=O) groups is 2. The van der Waals surface area contributed by atoms with Crippen molar-refractivity contribution >= 4 is 27.7 Å². The van der Waals surface area contributed by atoms with Crippen molar-refractivity contribution in [2.75, 3.05) is 0 Å². The second-order valence-corrected chi connectivity index (χ2v) is 5.17. The summed E-state index contributed by atoms with van der Waals surface area (Å²) in [5, 5.41) is 18.3. The van der Waals surface area contributed by atoms with Crippen molar-refractivity contribution in [3.63, 3.8) is 0 Å². The molecule has 17 heavy (non-hydrogen) atoms. The van der Waals surface area contributed by atoms with E-state index in [0.717, 1.165) is 0 Å². The molecule has 1 rings (SSSR count). The van der Waals surface area contributed by atoms with Crippen LogP contribution in [0.15, 0.2) is 18.2 Å². The minimum absolute atomic E-state index is 0.149. The molecule has 0 aliphatic heterocycles. The number of aliphatic hydroxyl groups excluding tert-OH is 1. The maximum atomic E-state index is 11.7. The highest BCUT2D eigenvalue weighted by molar-refractivity contribution is 9.10. The Balaban J connectivity index is 3.19. The molecule has 0 aliphatic carbocycles. The molecule has 0 aliphatic rings. The average molecular weight is 301 g/mol. The second kappa shape index (κ2) is 5.42. The van der Waals surface area contributed by atoms with Crippen LogP contribution in [0.2, 0.25) is 0 Å². The molecule has 0 fully saturated rings. The van der Waals surface area contributed by atoms with Gasteiger partial charge in [0.2, 0.25) is 0 Å². The van der Waals surface area contributed by atoms with Crippen LogP contribution >= 0.6 is 15.9 Å². The maximum Gasteiger partial charge on any atom is 0.337 e. The van der Waals surface area contributed by atoms with Gasteiger partial charge in [0.15, 0.2) is 11.9 Å². The van der Waals surface area contributed by atoms with Crippen LogP contribution in [-0.2, 0) is 4.79 Å². The number of Topliss-reactive ketones (excluding diaryl/α,β-unsaturated/α-hetero) is 1. The monoisotopic (exact) mass is 300 g/mol. The Morgan fingerprint density at radius 1 is 1.35 bits per heavy atom. The first-order chi connectivity index (χ1) is 7.84. The van der Waals surface area contributed by atoms with Crippen molar-refractivity contribution < 1.29 is 19.8 Å². The van der Waals surface area contributed by atoms with E-state index in [9.17, 15) is 14.7 Å². The zero-order chi connectivity index (χ0) is 13.2. The van der Waals surface area contributed by atoms with Gasteiger partial charge in [-0.2, -0.15) is 0 Å². The lowest BCUT2D eigenvalue weighted by molar-refractivity contribution is -0.147. The summed E-state index contributed by atoms with van der Waals surface area (Å²) in [6, 6.07) is 4.67. The van der Waals surface area contributed by atoms with E-state index in [2.05, 4.69) is 15.9 Å². The fourth-order valence-corrected chi connectivity index (χ4v) is 1.72. The van der Waals surface area contributed by atoms with Gasteiger partial charge in [-0.05, 0) is 31.0 Å². The number of carboxylic acids is 1. The van der Waals surface area contributed by atoms with Crippen LogP contribution in [0.25, 0.3) is 0 Å². The summed E-state index contributed by atoms with van der Waals surface area (Å²) in [6.07, 6.45) is -1.60. The van der Waals surface area contributed by atoms with Crippen molar-refractivity contribution in [1.82, 2.24) is 0 Å². The summed E-state index contributed by atoms with van der Waals surface area (Å²) in [5.41, 5.74) is 1.27. The fraction of sp³-hybridized carbons (Fsp3) is 0.333. The number of ketones is 1. The number of benzene rings is 1. The molecule has 2 N–H and O–H groups in total. The molecule has 0 spiro atoms. The van der Waals surface area contributed by atoms with Crippen LogP contribution in [0.5, 0.6) is 0 Å². The van der Waals surface area contributed by atoms with Gasteiger partial charge in [-0.25, -0.2) is 4.79 Å². The van der Waals surface area contributed by atoms with Crippen LogP contribution in [0, 0.1) is 6.92 Å². The van der Waals surface area contributed by atoms with Gasteiger partial charge in [-0.3, -0.25) is 4.79 Å². The number of aliphatic hydroxyl groups is 1. The molecule has 0 bridgehead atoms. The quantitative estimate of drug-likeness (QED) is 0.659. The van der Waals surface area contributed by atoms with E-state index >= 15 is 0 Å². The van der Waals surface area contributed by atoms with Crippen LogP contribution in [-0.4, -0.2) is 26.8 Å². The molecule has 4 nitrogen and oxygen atoms in total. The van der Waals surface area contributed by atoms with E-state index < -0.39 is 12.1 Å². The lowest BCUT2D eigenvalue weighted by Gasteiger charge is -2.11. The molecular weight excluding hydrogens is 288 g/mol.